The molecule has 0 aromatic heterocycles. The zero-order valence-electron chi connectivity index (χ0n) is 7.21. The average molecular weight is 199 g/mol. The first-order chi connectivity index (χ1) is 6.06. The fourth-order valence-electron chi connectivity index (χ4n) is 1.17. The summed E-state index contributed by atoms with van der Waals surface area (Å²) in [6.45, 7) is 1.61. The normalized spacial score (nSPS) is 12.5. The van der Waals surface area contributed by atoms with E-state index in [9.17, 15) is 5.11 Å². The molecule has 0 spiro atoms. The maximum absolute atomic E-state index is 9.37. The number of hydrogen-bond acceptors (Lipinski definition) is 3. The molecule has 0 saturated heterocycles. The van der Waals surface area contributed by atoms with Crippen molar-refractivity contribution in [1.29, 1.82) is 5.41 Å². The van der Waals surface area contributed by atoms with E-state index in [2.05, 4.69) is 0 Å². The Kier molecular flexibility index (Phi) is 2.90. The lowest BCUT2D eigenvalue weighted by molar-refractivity contribution is 0.199. The Morgan fingerprint density at radius 3 is 2.69 bits per heavy atom. The van der Waals surface area contributed by atoms with Gasteiger partial charge in [0, 0.05) is 22.5 Å². The molecule has 0 saturated carbocycles. The van der Waals surface area contributed by atoms with Crippen molar-refractivity contribution in [2.75, 3.05) is 5.73 Å². The predicted molar refractivity (Wildman–Crippen MR) is 54.4 cm³/mol. The standard InChI is InChI=1S/C9H11ClN2O/c1-5(13)7-2-6(10)3-9(12)8(7)4-11/h2-5,11,13H,12H2,1H3. The number of nitrogen functional groups attached to an aromatic ring is 1. The zero-order valence-corrected chi connectivity index (χ0v) is 7.97. The van der Waals surface area contributed by atoms with Crippen LogP contribution in [0.2, 0.25) is 5.02 Å². The van der Waals surface area contributed by atoms with Gasteiger partial charge in [-0.05, 0) is 24.6 Å². The molecular weight excluding hydrogens is 188 g/mol. The molecule has 0 aliphatic carbocycles. The number of aliphatic hydroxyl groups is 1. The number of hydrogen-bond donors (Lipinski definition) is 3. The van der Waals surface area contributed by atoms with Gasteiger partial charge in [0.2, 0.25) is 0 Å². The second-order valence-electron chi connectivity index (χ2n) is 2.82. The molecule has 13 heavy (non-hydrogen) atoms. The minimum Gasteiger partial charge on any atom is -0.398 e. The SMILES string of the molecule is CC(O)c1cc(Cl)cc(N)c1C=N. The van der Waals surface area contributed by atoms with Crippen LogP contribution < -0.4 is 5.73 Å². The predicted octanol–water partition coefficient (Wildman–Crippen LogP) is 1.97. The second kappa shape index (κ2) is 3.77. The first-order valence-corrected chi connectivity index (χ1v) is 4.21. The van der Waals surface area contributed by atoms with E-state index in [1.54, 1.807) is 19.1 Å². The number of anilines is 1. The molecule has 1 rings (SSSR count). The van der Waals surface area contributed by atoms with Gasteiger partial charge in [-0.3, -0.25) is 0 Å². The molecule has 1 unspecified atom stereocenters. The Balaban J connectivity index is 3.38. The first-order valence-electron chi connectivity index (χ1n) is 3.83. The topological polar surface area (TPSA) is 70.1 Å². The van der Waals surface area contributed by atoms with E-state index in [1.165, 1.54) is 0 Å². The van der Waals surface area contributed by atoms with Gasteiger partial charge in [-0.2, -0.15) is 0 Å². The molecule has 4 heteroatoms. The van der Waals surface area contributed by atoms with Crippen LogP contribution in [0.25, 0.3) is 0 Å². The van der Waals surface area contributed by atoms with Crippen molar-refractivity contribution in [3.05, 3.63) is 28.3 Å². The van der Waals surface area contributed by atoms with Gasteiger partial charge in [0.05, 0.1) is 6.10 Å². The average Bonchev–Trinajstić information content (AvgIpc) is 2.02. The van der Waals surface area contributed by atoms with Crippen molar-refractivity contribution in [2.24, 2.45) is 0 Å². The quantitative estimate of drug-likeness (QED) is 0.502. The first kappa shape index (κ1) is 10.0. The Morgan fingerprint density at radius 1 is 1.62 bits per heavy atom. The Labute approximate surface area is 81.6 Å². The Hall–Kier alpha value is -1.06. The second-order valence-corrected chi connectivity index (χ2v) is 3.25. The molecule has 0 amide bonds. The van der Waals surface area contributed by atoms with Crippen LogP contribution in [-0.4, -0.2) is 11.3 Å². The van der Waals surface area contributed by atoms with Crippen LogP contribution in [0.15, 0.2) is 12.1 Å². The van der Waals surface area contributed by atoms with Gasteiger partial charge >= 0.3 is 0 Å². The third kappa shape index (κ3) is 1.99. The summed E-state index contributed by atoms with van der Waals surface area (Å²) in [4.78, 5) is 0. The minimum absolute atomic E-state index is 0.415. The fourth-order valence-corrected chi connectivity index (χ4v) is 1.41. The smallest absolute Gasteiger partial charge is 0.0769 e. The summed E-state index contributed by atoms with van der Waals surface area (Å²) in [5, 5.41) is 17.0. The van der Waals surface area contributed by atoms with E-state index >= 15 is 0 Å². The van der Waals surface area contributed by atoms with Crippen LogP contribution in [0.4, 0.5) is 5.69 Å². The molecule has 1 atom stereocenters. The highest BCUT2D eigenvalue weighted by atomic mass is 35.5. The van der Waals surface area contributed by atoms with Gasteiger partial charge in [-0.1, -0.05) is 11.6 Å². The van der Waals surface area contributed by atoms with Gasteiger partial charge < -0.3 is 16.2 Å². The highest BCUT2D eigenvalue weighted by molar-refractivity contribution is 6.31. The number of nitrogens with one attached hydrogen (secondary N) is 1. The third-order valence-corrected chi connectivity index (χ3v) is 2.02. The van der Waals surface area contributed by atoms with E-state index in [-0.39, 0.29) is 0 Å². The largest absolute Gasteiger partial charge is 0.398 e. The van der Waals surface area contributed by atoms with Crippen molar-refractivity contribution >= 4 is 23.5 Å². The number of aliphatic hydroxyl groups excluding tert-OH is 1. The lowest BCUT2D eigenvalue weighted by Gasteiger charge is -2.11. The molecule has 0 heterocycles. The van der Waals surface area contributed by atoms with E-state index in [1.807, 2.05) is 0 Å². The molecule has 1 aromatic carbocycles. The molecule has 1 aromatic rings. The number of rotatable bonds is 2. The monoisotopic (exact) mass is 198 g/mol. The highest BCUT2D eigenvalue weighted by Crippen LogP contribution is 2.26. The fraction of sp³-hybridized carbons (Fsp3) is 0.222. The molecule has 0 aliphatic heterocycles. The molecule has 3 nitrogen and oxygen atoms in total. The van der Waals surface area contributed by atoms with Crippen molar-refractivity contribution < 1.29 is 5.11 Å². The number of halogens is 1. The van der Waals surface area contributed by atoms with Crippen molar-refractivity contribution in [3.63, 3.8) is 0 Å². The van der Waals surface area contributed by atoms with E-state index < -0.39 is 6.10 Å². The van der Waals surface area contributed by atoms with Crippen molar-refractivity contribution in [3.8, 4) is 0 Å². The third-order valence-electron chi connectivity index (χ3n) is 1.80. The van der Waals surface area contributed by atoms with Crippen LogP contribution in [0.3, 0.4) is 0 Å². The van der Waals surface area contributed by atoms with Gasteiger partial charge in [-0.25, -0.2) is 0 Å². The van der Waals surface area contributed by atoms with Gasteiger partial charge in [-0.15, -0.1) is 0 Å². The lowest BCUT2D eigenvalue weighted by Crippen LogP contribution is -2.02. The highest BCUT2D eigenvalue weighted by Gasteiger charge is 2.10. The molecule has 0 radical (unpaired) electrons. The molecular formula is C9H11ClN2O. The minimum atomic E-state index is -0.669. The number of nitrogens with two attached hydrogens (primary N) is 1. The van der Waals surface area contributed by atoms with E-state index in [0.717, 1.165) is 6.21 Å². The summed E-state index contributed by atoms with van der Waals surface area (Å²) in [6.07, 6.45) is 0.450. The van der Waals surface area contributed by atoms with Gasteiger partial charge in [0.1, 0.15) is 0 Å². The maximum Gasteiger partial charge on any atom is 0.0769 e. The van der Waals surface area contributed by atoms with Crippen LogP contribution in [0, 0.1) is 5.41 Å². The molecule has 0 fully saturated rings. The lowest BCUT2D eigenvalue weighted by atomic mass is 10.0. The van der Waals surface area contributed by atoms with Crippen LogP contribution in [0.1, 0.15) is 24.2 Å². The Morgan fingerprint density at radius 2 is 2.23 bits per heavy atom. The molecule has 0 aliphatic rings. The molecule has 70 valence electrons. The van der Waals surface area contributed by atoms with Crippen LogP contribution in [-0.2, 0) is 0 Å². The number of benzene rings is 1. The van der Waals surface area contributed by atoms with Crippen LogP contribution >= 0.6 is 11.6 Å². The Bertz CT molecular complexity index is 337. The summed E-state index contributed by atoms with van der Waals surface area (Å²) in [5.41, 5.74) is 7.15. The van der Waals surface area contributed by atoms with E-state index in [4.69, 9.17) is 22.7 Å². The summed E-state index contributed by atoms with van der Waals surface area (Å²) < 4.78 is 0. The molecule has 4 N–H and O–H groups in total. The molecule has 0 bridgehead atoms. The van der Waals surface area contributed by atoms with Crippen LogP contribution in [0.5, 0.6) is 0 Å². The van der Waals surface area contributed by atoms with Gasteiger partial charge in [0.25, 0.3) is 0 Å². The van der Waals surface area contributed by atoms with Crippen molar-refractivity contribution in [1.82, 2.24) is 0 Å². The maximum atomic E-state index is 9.37. The summed E-state index contributed by atoms with van der Waals surface area (Å²) in [5.74, 6) is 0. The summed E-state index contributed by atoms with van der Waals surface area (Å²) in [7, 11) is 0. The zero-order chi connectivity index (χ0) is 10.0. The van der Waals surface area contributed by atoms with Gasteiger partial charge in [0.15, 0.2) is 0 Å². The summed E-state index contributed by atoms with van der Waals surface area (Å²) in [6, 6.07) is 3.18. The summed E-state index contributed by atoms with van der Waals surface area (Å²) >= 11 is 5.76. The van der Waals surface area contributed by atoms with Crippen molar-refractivity contribution in [2.45, 2.75) is 13.0 Å². The van der Waals surface area contributed by atoms with E-state index in [0.29, 0.717) is 21.8 Å².